The standard InChI is InChI=1S/C13H14N4O4/c18-8-10-3-1-9(2-4-10)5-6-14-13(19)12-11(17(20)21)7-15-16-12/h1-4,7,18H,5-6,8H2,(H,14,19)(H,15,16). The van der Waals surface area contributed by atoms with Gasteiger partial charge in [0.2, 0.25) is 5.69 Å². The van der Waals surface area contributed by atoms with E-state index in [4.69, 9.17) is 5.11 Å². The summed E-state index contributed by atoms with van der Waals surface area (Å²) in [5.74, 6) is -0.564. The molecule has 0 radical (unpaired) electrons. The summed E-state index contributed by atoms with van der Waals surface area (Å²) in [7, 11) is 0. The van der Waals surface area contributed by atoms with Crippen LogP contribution in [0.2, 0.25) is 0 Å². The first-order valence-corrected chi connectivity index (χ1v) is 6.26. The van der Waals surface area contributed by atoms with Crippen molar-refractivity contribution in [1.82, 2.24) is 15.5 Å². The van der Waals surface area contributed by atoms with Crippen molar-refractivity contribution < 1.29 is 14.8 Å². The van der Waals surface area contributed by atoms with Gasteiger partial charge in [0.1, 0.15) is 6.20 Å². The highest BCUT2D eigenvalue weighted by atomic mass is 16.6. The minimum atomic E-state index is -0.661. The molecule has 0 aliphatic heterocycles. The van der Waals surface area contributed by atoms with Crippen molar-refractivity contribution in [2.24, 2.45) is 0 Å². The average molecular weight is 290 g/mol. The molecule has 8 nitrogen and oxygen atoms in total. The first-order valence-electron chi connectivity index (χ1n) is 6.26. The van der Waals surface area contributed by atoms with Crippen LogP contribution in [0.1, 0.15) is 21.6 Å². The van der Waals surface area contributed by atoms with Crippen LogP contribution in [0.3, 0.4) is 0 Å². The number of nitrogens with zero attached hydrogens (tertiary/aromatic N) is 2. The van der Waals surface area contributed by atoms with Crippen molar-refractivity contribution in [3.8, 4) is 0 Å². The molecule has 0 fully saturated rings. The number of hydrogen-bond donors (Lipinski definition) is 3. The highest BCUT2D eigenvalue weighted by molar-refractivity contribution is 5.95. The van der Waals surface area contributed by atoms with Gasteiger partial charge in [-0.3, -0.25) is 20.0 Å². The predicted molar refractivity (Wildman–Crippen MR) is 73.6 cm³/mol. The third-order valence-corrected chi connectivity index (χ3v) is 2.95. The zero-order chi connectivity index (χ0) is 15.2. The number of benzene rings is 1. The molecule has 21 heavy (non-hydrogen) atoms. The summed E-state index contributed by atoms with van der Waals surface area (Å²) >= 11 is 0. The lowest BCUT2D eigenvalue weighted by Crippen LogP contribution is -2.26. The van der Waals surface area contributed by atoms with Gasteiger partial charge in [-0.15, -0.1) is 0 Å². The minimum absolute atomic E-state index is 0.0134. The van der Waals surface area contributed by atoms with Crippen LogP contribution in [-0.4, -0.2) is 32.7 Å². The summed E-state index contributed by atoms with van der Waals surface area (Å²) in [4.78, 5) is 21.8. The molecule has 3 N–H and O–H groups in total. The zero-order valence-corrected chi connectivity index (χ0v) is 11.1. The fourth-order valence-corrected chi connectivity index (χ4v) is 1.81. The molecule has 1 amide bonds. The molecule has 110 valence electrons. The lowest BCUT2D eigenvalue weighted by molar-refractivity contribution is -0.385. The molecular formula is C13H14N4O4. The molecule has 8 heteroatoms. The average Bonchev–Trinajstić information content (AvgIpc) is 2.97. The summed E-state index contributed by atoms with van der Waals surface area (Å²) in [5.41, 5.74) is 1.30. The number of H-pyrrole nitrogens is 1. The number of aliphatic hydroxyl groups is 1. The van der Waals surface area contributed by atoms with E-state index >= 15 is 0 Å². The number of aromatic amines is 1. The number of carbonyl (C=O) groups is 1. The molecule has 0 atom stereocenters. The van der Waals surface area contributed by atoms with E-state index in [9.17, 15) is 14.9 Å². The van der Waals surface area contributed by atoms with Crippen LogP contribution < -0.4 is 5.32 Å². The van der Waals surface area contributed by atoms with Crippen LogP contribution in [0, 0.1) is 10.1 Å². The Hall–Kier alpha value is -2.74. The number of aliphatic hydroxyl groups excluding tert-OH is 1. The van der Waals surface area contributed by atoms with Gasteiger partial charge in [-0.2, -0.15) is 5.10 Å². The van der Waals surface area contributed by atoms with E-state index in [1.165, 1.54) is 0 Å². The van der Waals surface area contributed by atoms with Gasteiger partial charge in [0.15, 0.2) is 0 Å². The van der Waals surface area contributed by atoms with Crippen molar-refractivity contribution >= 4 is 11.6 Å². The van der Waals surface area contributed by atoms with Crippen molar-refractivity contribution in [2.45, 2.75) is 13.0 Å². The third kappa shape index (κ3) is 3.63. The number of hydrogen-bond acceptors (Lipinski definition) is 5. The molecular weight excluding hydrogens is 276 g/mol. The number of carbonyl (C=O) groups excluding carboxylic acids is 1. The second-order valence-electron chi connectivity index (χ2n) is 4.37. The van der Waals surface area contributed by atoms with Crippen molar-refractivity contribution in [2.75, 3.05) is 6.54 Å². The molecule has 0 bridgehead atoms. The fraction of sp³-hybridized carbons (Fsp3) is 0.231. The maximum atomic E-state index is 11.8. The zero-order valence-electron chi connectivity index (χ0n) is 11.1. The number of aromatic nitrogens is 2. The smallest absolute Gasteiger partial charge is 0.319 e. The van der Waals surface area contributed by atoms with Gasteiger partial charge < -0.3 is 10.4 Å². The van der Waals surface area contributed by atoms with Gasteiger partial charge in [-0.05, 0) is 17.5 Å². The Morgan fingerprint density at radius 1 is 1.33 bits per heavy atom. The normalized spacial score (nSPS) is 10.3. The quantitative estimate of drug-likeness (QED) is 0.536. The molecule has 2 aromatic rings. The number of rotatable bonds is 6. The van der Waals surface area contributed by atoms with Crippen molar-refractivity contribution in [1.29, 1.82) is 0 Å². The van der Waals surface area contributed by atoms with E-state index in [1.807, 2.05) is 12.1 Å². The molecule has 0 saturated heterocycles. The Labute approximate surface area is 120 Å². The SMILES string of the molecule is O=C(NCCc1ccc(CO)cc1)c1[nH]ncc1[N+](=O)[O-]. The van der Waals surface area contributed by atoms with Gasteiger partial charge in [-0.25, -0.2) is 0 Å². The van der Waals surface area contributed by atoms with E-state index in [1.54, 1.807) is 12.1 Å². The summed E-state index contributed by atoms with van der Waals surface area (Å²) in [6, 6.07) is 7.32. The van der Waals surface area contributed by atoms with Gasteiger partial charge in [-0.1, -0.05) is 24.3 Å². The third-order valence-electron chi connectivity index (χ3n) is 2.95. The summed E-state index contributed by atoms with van der Waals surface area (Å²) in [6.07, 6.45) is 1.59. The van der Waals surface area contributed by atoms with Crippen LogP contribution in [0.15, 0.2) is 30.5 Å². The second-order valence-corrected chi connectivity index (χ2v) is 4.37. The van der Waals surface area contributed by atoms with Gasteiger partial charge >= 0.3 is 5.69 Å². The van der Waals surface area contributed by atoms with Gasteiger partial charge in [0, 0.05) is 6.54 Å². The summed E-state index contributed by atoms with van der Waals surface area (Å²) < 4.78 is 0. The molecule has 1 aromatic carbocycles. The molecule has 1 heterocycles. The van der Waals surface area contributed by atoms with Crippen LogP contribution in [0.5, 0.6) is 0 Å². The van der Waals surface area contributed by atoms with Crippen LogP contribution >= 0.6 is 0 Å². The fourth-order valence-electron chi connectivity index (χ4n) is 1.81. The Bertz CT molecular complexity index is 636. The minimum Gasteiger partial charge on any atom is -0.392 e. The lowest BCUT2D eigenvalue weighted by Gasteiger charge is -2.04. The molecule has 0 spiro atoms. The summed E-state index contributed by atoms with van der Waals surface area (Å²) in [6.45, 7) is 0.327. The topological polar surface area (TPSA) is 121 Å². The van der Waals surface area contributed by atoms with Crippen LogP contribution in [0.4, 0.5) is 5.69 Å². The van der Waals surface area contributed by atoms with E-state index in [0.717, 1.165) is 17.3 Å². The van der Waals surface area contributed by atoms with Gasteiger partial charge in [0.25, 0.3) is 5.91 Å². The molecule has 1 aromatic heterocycles. The molecule has 0 aliphatic carbocycles. The maximum absolute atomic E-state index is 11.8. The Morgan fingerprint density at radius 2 is 2.00 bits per heavy atom. The lowest BCUT2D eigenvalue weighted by atomic mass is 10.1. The highest BCUT2D eigenvalue weighted by Crippen LogP contribution is 2.13. The predicted octanol–water partition coefficient (Wildman–Crippen LogP) is 0.783. The number of amides is 1. The van der Waals surface area contributed by atoms with Gasteiger partial charge in [0.05, 0.1) is 11.5 Å². The summed E-state index contributed by atoms with van der Waals surface area (Å²) in [5, 5.41) is 28.0. The molecule has 0 aliphatic rings. The first kappa shape index (κ1) is 14.7. The highest BCUT2D eigenvalue weighted by Gasteiger charge is 2.22. The molecule has 0 unspecified atom stereocenters. The maximum Gasteiger partial charge on any atom is 0.319 e. The van der Waals surface area contributed by atoms with Crippen molar-refractivity contribution in [3.63, 3.8) is 0 Å². The van der Waals surface area contributed by atoms with E-state index < -0.39 is 10.8 Å². The monoisotopic (exact) mass is 290 g/mol. The van der Waals surface area contributed by atoms with E-state index in [2.05, 4.69) is 15.5 Å². The first-order chi connectivity index (χ1) is 10.1. The second kappa shape index (κ2) is 6.62. The molecule has 0 saturated carbocycles. The van der Waals surface area contributed by atoms with E-state index in [-0.39, 0.29) is 18.0 Å². The van der Waals surface area contributed by atoms with Crippen molar-refractivity contribution in [3.05, 3.63) is 57.4 Å². The van der Waals surface area contributed by atoms with Crippen LogP contribution in [0.25, 0.3) is 0 Å². The Morgan fingerprint density at radius 3 is 2.62 bits per heavy atom. The largest absolute Gasteiger partial charge is 0.392 e. The number of nitro groups is 1. The number of nitrogens with one attached hydrogen (secondary N) is 2. The Kier molecular flexibility index (Phi) is 4.62. The van der Waals surface area contributed by atoms with Crippen LogP contribution in [-0.2, 0) is 13.0 Å². The van der Waals surface area contributed by atoms with E-state index in [0.29, 0.717) is 13.0 Å². The molecule has 2 rings (SSSR count). The Balaban J connectivity index is 1.89.